The Morgan fingerprint density at radius 1 is 1.21 bits per heavy atom. The zero-order valence-electron chi connectivity index (χ0n) is 10.7. The Morgan fingerprint density at radius 2 is 2.00 bits per heavy atom. The SMILES string of the molecule is O=C(O)[C@@H]1CC(Cc2ccc3ccccc3c2)CN1. The number of benzene rings is 2. The quantitative estimate of drug-likeness (QED) is 0.885. The van der Waals surface area contributed by atoms with Crippen molar-refractivity contribution in [3.63, 3.8) is 0 Å². The minimum Gasteiger partial charge on any atom is -0.480 e. The van der Waals surface area contributed by atoms with Crippen LogP contribution in [-0.4, -0.2) is 23.7 Å². The molecule has 98 valence electrons. The third-order valence-corrected chi connectivity index (χ3v) is 3.86. The number of hydrogen-bond acceptors (Lipinski definition) is 2. The van der Waals surface area contributed by atoms with Crippen molar-refractivity contribution in [3.8, 4) is 0 Å². The summed E-state index contributed by atoms with van der Waals surface area (Å²) in [7, 11) is 0. The van der Waals surface area contributed by atoms with Crippen molar-refractivity contribution in [2.45, 2.75) is 18.9 Å². The number of rotatable bonds is 3. The molecule has 3 heteroatoms. The van der Waals surface area contributed by atoms with Crippen molar-refractivity contribution in [1.29, 1.82) is 0 Å². The van der Waals surface area contributed by atoms with Gasteiger partial charge in [-0.15, -0.1) is 0 Å². The van der Waals surface area contributed by atoms with E-state index >= 15 is 0 Å². The molecule has 0 radical (unpaired) electrons. The molecule has 1 fully saturated rings. The van der Waals surface area contributed by atoms with Crippen LogP contribution in [0.15, 0.2) is 42.5 Å². The molecule has 3 rings (SSSR count). The van der Waals surface area contributed by atoms with E-state index in [0.717, 1.165) is 19.4 Å². The zero-order chi connectivity index (χ0) is 13.2. The van der Waals surface area contributed by atoms with Crippen LogP contribution in [0.25, 0.3) is 10.8 Å². The molecule has 3 nitrogen and oxygen atoms in total. The molecular formula is C16H17NO2. The third-order valence-electron chi connectivity index (χ3n) is 3.86. The molecule has 1 unspecified atom stereocenters. The average Bonchev–Trinajstić information content (AvgIpc) is 2.87. The fourth-order valence-corrected chi connectivity index (χ4v) is 2.85. The molecule has 2 aromatic rings. The molecule has 1 heterocycles. The predicted molar refractivity (Wildman–Crippen MR) is 75.2 cm³/mol. The van der Waals surface area contributed by atoms with E-state index in [1.165, 1.54) is 16.3 Å². The maximum absolute atomic E-state index is 10.9. The van der Waals surface area contributed by atoms with Crippen molar-refractivity contribution >= 4 is 16.7 Å². The van der Waals surface area contributed by atoms with Gasteiger partial charge in [0.15, 0.2) is 0 Å². The molecule has 1 saturated heterocycles. The van der Waals surface area contributed by atoms with Crippen LogP contribution < -0.4 is 5.32 Å². The minimum atomic E-state index is -0.735. The van der Waals surface area contributed by atoms with Crippen LogP contribution >= 0.6 is 0 Å². The van der Waals surface area contributed by atoms with Crippen LogP contribution in [0.5, 0.6) is 0 Å². The fraction of sp³-hybridized carbons (Fsp3) is 0.312. The summed E-state index contributed by atoms with van der Waals surface area (Å²) in [5.74, 6) is -0.316. The summed E-state index contributed by atoms with van der Waals surface area (Å²) in [6.45, 7) is 0.795. The van der Waals surface area contributed by atoms with Gasteiger partial charge in [-0.2, -0.15) is 0 Å². The van der Waals surface area contributed by atoms with E-state index in [4.69, 9.17) is 5.11 Å². The molecule has 0 amide bonds. The second-order valence-electron chi connectivity index (χ2n) is 5.29. The molecule has 0 aromatic heterocycles. The topological polar surface area (TPSA) is 49.3 Å². The Labute approximate surface area is 112 Å². The van der Waals surface area contributed by atoms with E-state index in [0.29, 0.717) is 5.92 Å². The predicted octanol–water partition coefficient (Wildman–Crippen LogP) is 2.45. The van der Waals surface area contributed by atoms with Gasteiger partial charge in [0.25, 0.3) is 0 Å². The molecule has 0 saturated carbocycles. The number of aliphatic carboxylic acids is 1. The summed E-state index contributed by atoms with van der Waals surface area (Å²) < 4.78 is 0. The molecular weight excluding hydrogens is 238 g/mol. The summed E-state index contributed by atoms with van der Waals surface area (Å²) in [6.07, 6.45) is 1.67. The number of carboxylic acid groups (broad SMARTS) is 1. The Balaban J connectivity index is 1.73. The van der Waals surface area contributed by atoms with E-state index < -0.39 is 5.97 Å². The first-order valence-electron chi connectivity index (χ1n) is 6.66. The number of nitrogens with one attached hydrogen (secondary N) is 1. The number of carboxylic acids is 1. The second kappa shape index (κ2) is 5.02. The van der Waals surface area contributed by atoms with E-state index in [1.807, 2.05) is 12.1 Å². The van der Waals surface area contributed by atoms with Crippen LogP contribution in [0.2, 0.25) is 0 Å². The normalized spacial score (nSPS) is 22.7. The zero-order valence-corrected chi connectivity index (χ0v) is 10.7. The molecule has 0 bridgehead atoms. The van der Waals surface area contributed by atoms with E-state index in [-0.39, 0.29) is 6.04 Å². The van der Waals surface area contributed by atoms with Gasteiger partial charge >= 0.3 is 5.97 Å². The number of hydrogen-bond donors (Lipinski definition) is 2. The molecule has 0 aliphatic carbocycles. The van der Waals surface area contributed by atoms with Gasteiger partial charge in [0.05, 0.1) is 0 Å². The lowest BCUT2D eigenvalue weighted by atomic mass is 9.95. The van der Waals surface area contributed by atoms with Gasteiger partial charge < -0.3 is 10.4 Å². The molecule has 2 atom stereocenters. The van der Waals surface area contributed by atoms with Crippen molar-refractivity contribution < 1.29 is 9.90 Å². The van der Waals surface area contributed by atoms with E-state index in [9.17, 15) is 4.79 Å². The highest BCUT2D eigenvalue weighted by Crippen LogP contribution is 2.22. The highest BCUT2D eigenvalue weighted by molar-refractivity contribution is 5.83. The van der Waals surface area contributed by atoms with Crippen molar-refractivity contribution in [2.75, 3.05) is 6.54 Å². The van der Waals surface area contributed by atoms with Gasteiger partial charge in [0, 0.05) is 0 Å². The monoisotopic (exact) mass is 255 g/mol. The second-order valence-corrected chi connectivity index (χ2v) is 5.29. The lowest BCUT2D eigenvalue weighted by Gasteiger charge is -2.09. The Bertz CT molecular complexity index is 608. The van der Waals surface area contributed by atoms with Gasteiger partial charge in [0.2, 0.25) is 0 Å². The lowest BCUT2D eigenvalue weighted by molar-refractivity contribution is -0.139. The first-order valence-corrected chi connectivity index (χ1v) is 6.66. The van der Waals surface area contributed by atoms with Crippen molar-refractivity contribution in [1.82, 2.24) is 5.32 Å². The molecule has 0 spiro atoms. The first-order chi connectivity index (χ1) is 9.22. The van der Waals surface area contributed by atoms with Crippen LogP contribution in [0.1, 0.15) is 12.0 Å². The van der Waals surface area contributed by atoms with Crippen molar-refractivity contribution in [2.24, 2.45) is 5.92 Å². The smallest absolute Gasteiger partial charge is 0.320 e. The summed E-state index contributed by atoms with van der Waals surface area (Å²) in [5.41, 5.74) is 1.29. The van der Waals surface area contributed by atoms with Crippen LogP contribution in [0, 0.1) is 5.92 Å². The van der Waals surface area contributed by atoms with Gasteiger partial charge in [-0.1, -0.05) is 42.5 Å². The van der Waals surface area contributed by atoms with Crippen LogP contribution in [0.3, 0.4) is 0 Å². The number of carbonyl (C=O) groups is 1. The Kier molecular flexibility index (Phi) is 3.22. The average molecular weight is 255 g/mol. The molecule has 2 N–H and O–H groups in total. The first kappa shape index (κ1) is 12.2. The third kappa shape index (κ3) is 2.61. The summed E-state index contributed by atoms with van der Waals surface area (Å²) in [5, 5.41) is 14.5. The maximum Gasteiger partial charge on any atom is 0.320 e. The molecule has 2 aromatic carbocycles. The van der Waals surface area contributed by atoms with E-state index in [2.05, 4.69) is 35.6 Å². The summed E-state index contributed by atoms with van der Waals surface area (Å²) >= 11 is 0. The van der Waals surface area contributed by atoms with Gasteiger partial charge in [-0.25, -0.2) is 0 Å². The molecule has 19 heavy (non-hydrogen) atoms. The molecule has 1 aliphatic heterocycles. The standard InChI is InChI=1S/C16H17NO2/c18-16(19)15-9-12(10-17-15)7-11-5-6-13-3-1-2-4-14(13)8-11/h1-6,8,12,15,17H,7,9-10H2,(H,18,19)/t12?,15-/m0/s1. The van der Waals surface area contributed by atoms with E-state index in [1.54, 1.807) is 0 Å². The highest BCUT2D eigenvalue weighted by atomic mass is 16.4. The highest BCUT2D eigenvalue weighted by Gasteiger charge is 2.28. The Morgan fingerprint density at radius 3 is 2.74 bits per heavy atom. The van der Waals surface area contributed by atoms with Gasteiger partial charge in [0.1, 0.15) is 6.04 Å². The number of fused-ring (bicyclic) bond motifs is 1. The van der Waals surface area contributed by atoms with Gasteiger partial charge in [-0.3, -0.25) is 4.79 Å². The maximum atomic E-state index is 10.9. The fourth-order valence-electron chi connectivity index (χ4n) is 2.85. The van der Waals surface area contributed by atoms with Crippen LogP contribution in [-0.2, 0) is 11.2 Å². The van der Waals surface area contributed by atoms with Crippen LogP contribution in [0.4, 0.5) is 0 Å². The van der Waals surface area contributed by atoms with Gasteiger partial charge in [-0.05, 0) is 41.6 Å². The summed E-state index contributed by atoms with van der Waals surface area (Å²) in [6, 6.07) is 14.4. The minimum absolute atomic E-state index is 0.370. The summed E-state index contributed by atoms with van der Waals surface area (Å²) in [4.78, 5) is 10.9. The van der Waals surface area contributed by atoms with Crippen molar-refractivity contribution in [3.05, 3.63) is 48.0 Å². The lowest BCUT2D eigenvalue weighted by Crippen LogP contribution is -2.29. The molecule has 1 aliphatic rings. The largest absolute Gasteiger partial charge is 0.480 e. The Hall–Kier alpha value is -1.87.